The van der Waals surface area contributed by atoms with E-state index in [4.69, 9.17) is 5.11 Å². The number of aliphatic carboxylic acids is 1. The lowest BCUT2D eigenvalue weighted by Crippen LogP contribution is -2.33. The summed E-state index contributed by atoms with van der Waals surface area (Å²) in [4.78, 5) is 22.2. The van der Waals surface area contributed by atoms with Gasteiger partial charge in [0.2, 0.25) is 5.91 Å². The van der Waals surface area contributed by atoms with Crippen molar-refractivity contribution in [2.24, 2.45) is 0 Å². The Labute approximate surface area is 117 Å². The first-order valence-electron chi connectivity index (χ1n) is 6.85. The van der Waals surface area contributed by atoms with Gasteiger partial charge in [-0.25, -0.2) is 0 Å². The molecule has 0 saturated heterocycles. The highest BCUT2D eigenvalue weighted by molar-refractivity contribution is 5.76. The summed E-state index contributed by atoms with van der Waals surface area (Å²) in [6.07, 6.45) is 1.38. The molecule has 2 atom stereocenters. The van der Waals surface area contributed by atoms with E-state index in [0.29, 0.717) is 25.7 Å². The van der Waals surface area contributed by atoms with Gasteiger partial charge in [-0.05, 0) is 24.0 Å². The fourth-order valence-corrected chi connectivity index (χ4v) is 2.56. The lowest BCUT2D eigenvalue weighted by atomic mass is 10.1. The minimum absolute atomic E-state index is 0.0855. The van der Waals surface area contributed by atoms with E-state index in [1.807, 2.05) is 24.3 Å². The average molecular weight is 277 g/mol. The number of carbonyl (C=O) groups is 2. The Balaban J connectivity index is 1.84. The van der Waals surface area contributed by atoms with Crippen LogP contribution in [0.25, 0.3) is 0 Å². The minimum atomic E-state index is -0.842. The highest BCUT2D eigenvalue weighted by Gasteiger charge is 2.31. The predicted molar refractivity (Wildman–Crippen MR) is 73.1 cm³/mol. The van der Waals surface area contributed by atoms with Crippen molar-refractivity contribution in [3.8, 4) is 0 Å². The van der Waals surface area contributed by atoms with Gasteiger partial charge in [0.15, 0.2) is 0 Å². The number of fused-ring (bicyclic) bond motifs is 1. The summed E-state index contributed by atoms with van der Waals surface area (Å²) < 4.78 is 0. The Hall–Kier alpha value is -1.88. The molecular weight excluding hydrogens is 258 g/mol. The van der Waals surface area contributed by atoms with Crippen molar-refractivity contribution < 1.29 is 19.8 Å². The van der Waals surface area contributed by atoms with Crippen LogP contribution in [0.15, 0.2) is 24.3 Å². The predicted octanol–water partition coefficient (Wildman–Crippen LogP) is 1.41. The molecule has 1 aliphatic carbocycles. The minimum Gasteiger partial charge on any atom is -0.481 e. The first kappa shape index (κ1) is 14.5. The summed E-state index contributed by atoms with van der Waals surface area (Å²) in [6.45, 7) is 0. The number of carboxylic acids is 1. The number of rotatable bonds is 6. The smallest absolute Gasteiger partial charge is 0.303 e. The largest absolute Gasteiger partial charge is 0.481 e. The lowest BCUT2D eigenvalue weighted by molar-refractivity contribution is -0.137. The van der Waals surface area contributed by atoms with Crippen LogP contribution in [0.3, 0.4) is 0 Å². The number of carbonyl (C=O) groups excluding carboxylic acids is 1. The molecule has 1 aliphatic rings. The van der Waals surface area contributed by atoms with Crippen molar-refractivity contribution in [3.63, 3.8) is 0 Å². The first-order chi connectivity index (χ1) is 9.58. The molecular formula is C15H19NO4. The topological polar surface area (TPSA) is 86.6 Å². The monoisotopic (exact) mass is 277 g/mol. The van der Waals surface area contributed by atoms with Gasteiger partial charge < -0.3 is 15.5 Å². The second-order valence-corrected chi connectivity index (χ2v) is 5.12. The molecule has 1 aromatic carbocycles. The number of unbranched alkanes of at least 4 members (excludes halogenated alkanes) is 1. The van der Waals surface area contributed by atoms with Gasteiger partial charge in [-0.2, -0.15) is 0 Å². The van der Waals surface area contributed by atoms with Crippen molar-refractivity contribution >= 4 is 11.9 Å². The van der Waals surface area contributed by atoms with Gasteiger partial charge in [0, 0.05) is 19.3 Å². The van der Waals surface area contributed by atoms with Crippen LogP contribution >= 0.6 is 0 Å². The molecule has 0 bridgehead atoms. The molecule has 0 radical (unpaired) electrons. The summed E-state index contributed by atoms with van der Waals surface area (Å²) in [5.74, 6) is -0.985. The number of aliphatic hydroxyl groups excluding tert-OH is 1. The summed E-state index contributed by atoms with van der Waals surface area (Å²) >= 11 is 0. The summed E-state index contributed by atoms with van der Waals surface area (Å²) in [5, 5.41) is 21.4. The molecule has 1 aromatic rings. The van der Waals surface area contributed by atoms with Gasteiger partial charge in [-0.3, -0.25) is 9.59 Å². The molecule has 0 aliphatic heterocycles. The van der Waals surface area contributed by atoms with Crippen molar-refractivity contribution in [1.82, 2.24) is 5.32 Å². The molecule has 108 valence electrons. The van der Waals surface area contributed by atoms with Crippen LogP contribution in [0.4, 0.5) is 0 Å². The first-order valence-corrected chi connectivity index (χ1v) is 6.85. The van der Waals surface area contributed by atoms with Crippen LogP contribution in [0.1, 0.15) is 42.9 Å². The van der Waals surface area contributed by atoms with Crippen molar-refractivity contribution in [2.75, 3.05) is 0 Å². The molecule has 2 rings (SSSR count). The maximum Gasteiger partial charge on any atom is 0.303 e. The van der Waals surface area contributed by atoms with E-state index in [2.05, 4.69) is 5.32 Å². The summed E-state index contributed by atoms with van der Waals surface area (Å²) in [7, 11) is 0. The van der Waals surface area contributed by atoms with Crippen molar-refractivity contribution in [2.45, 2.75) is 44.2 Å². The zero-order valence-corrected chi connectivity index (χ0v) is 11.2. The lowest BCUT2D eigenvalue weighted by Gasteiger charge is -2.17. The Bertz CT molecular complexity index is 500. The third kappa shape index (κ3) is 3.57. The Kier molecular flexibility index (Phi) is 4.74. The summed E-state index contributed by atoms with van der Waals surface area (Å²) in [6, 6.07) is 7.33. The van der Waals surface area contributed by atoms with Gasteiger partial charge in [0.05, 0.1) is 12.1 Å². The SMILES string of the molecule is O=C(O)CCCCC(=O)N[C@H]1c2ccccc2C[C@H]1O. The second kappa shape index (κ2) is 6.52. The van der Waals surface area contributed by atoms with Crippen molar-refractivity contribution in [3.05, 3.63) is 35.4 Å². The quantitative estimate of drug-likeness (QED) is 0.686. The van der Waals surface area contributed by atoms with Crippen LogP contribution in [0.5, 0.6) is 0 Å². The van der Waals surface area contributed by atoms with Gasteiger partial charge >= 0.3 is 5.97 Å². The number of benzene rings is 1. The Morgan fingerprint density at radius 2 is 1.90 bits per heavy atom. The number of carboxylic acid groups (broad SMARTS) is 1. The standard InChI is InChI=1S/C15H19NO4/c17-12-9-10-5-1-2-6-11(10)15(12)16-13(18)7-3-4-8-14(19)20/h1-2,5-6,12,15,17H,3-4,7-9H2,(H,16,18)(H,19,20)/t12-,15+/m1/s1. The van der Waals surface area contributed by atoms with Gasteiger partial charge in [-0.1, -0.05) is 24.3 Å². The number of hydrogen-bond acceptors (Lipinski definition) is 3. The van der Waals surface area contributed by atoms with E-state index in [9.17, 15) is 14.7 Å². The molecule has 5 nitrogen and oxygen atoms in total. The Morgan fingerprint density at radius 1 is 1.20 bits per heavy atom. The van der Waals surface area contributed by atoms with Gasteiger partial charge in [0.25, 0.3) is 0 Å². The zero-order chi connectivity index (χ0) is 14.5. The fourth-order valence-electron chi connectivity index (χ4n) is 2.56. The highest BCUT2D eigenvalue weighted by Crippen LogP contribution is 2.31. The molecule has 0 fully saturated rings. The molecule has 0 saturated carbocycles. The molecule has 1 amide bonds. The zero-order valence-electron chi connectivity index (χ0n) is 11.2. The van der Waals surface area contributed by atoms with Crippen molar-refractivity contribution in [1.29, 1.82) is 0 Å². The fraction of sp³-hybridized carbons (Fsp3) is 0.467. The van der Waals surface area contributed by atoms with E-state index in [1.165, 1.54) is 0 Å². The molecule has 20 heavy (non-hydrogen) atoms. The molecule has 0 unspecified atom stereocenters. The maximum atomic E-state index is 11.8. The number of hydrogen-bond donors (Lipinski definition) is 3. The van der Waals surface area contributed by atoms with E-state index in [0.717, 1.165) is 11.1 Å². The Morgan fingerprint density at radius 3 is 2.65 bits per heavy atom. The number of nitrogens with one attached hydrogen (secondary N) is 1. The van der Waals surface area contributed by atoms with Crippen LogP contribution in [-0.4, -0.2) is 28.2 Å². The second-order valence-electron chi connectivity index (χ2n) is 5.12. The van der Waals surface area contributed by atoms with Crippen LogP contribution in [-0.2, 0) is 16.0 Å². The molecule has 5 heteroatoms. The maximum absolute atomic E-state index is 11.8. The normalized spacial score (nSPS) is 20.4. The molecule has 3 N–H and O–H groups in total. The molecule has 0 aromatic heterocycles. The highest BCUT2D eigenvalue weighted by atomic mass is 16.4. The third-order valence-electron chi connectivity index (χ3n) is 3.56. The van der Waals surface area contributed by atoms with E-state index >= 15 is 0 Å². The van der Waals surface area contributed by atoms with E-state index in [-0.39, 0.29) is 18.4 Å². The average Bonchev–Trinajstić information content (AvgIpc) is 2.71. The van der Waals surface area contributed by atoms with E-state index < -0.39 is 12.1 Å². The molecule has 0 spiro atoms. The van der Waals surface area contributed by atoms with Crippen LogP contribution < -0.4 is 5.32 Å². The van der Waals surface area contributed by atoms with E-state index in [1.54, 1.807) is 0 Å². The molecule has 0 heterocycles. The third-order valence-corrected chi connectivity index (χ3v) is 3.56. The van der Waals surface area contributed by atoms with Crippen LogP contribution in [0.2, 0.25) is 0 Å². The van der Waals surface area contributed by atoms with Gasteiger partial charge in [-0.15, -0.1) is 0 Å². The van der Waals surface area contributed by atoms with Crippen LogP contribution in [0, 0.1) is 0 Å². The number of amides is 1. The van der Waals surface area contributed by atoms with Gasteiger partial charge in [0.1, 0.15) is 0 Å². The summed E-state index contributed by atoms with van der Waals surface area (Å²) in [5.41, 5.74) is 2.04. The number of aliphatic hydroxyl groups is 1.